The predicted octanol–water partition coefficient (Wildman–Crippen LogP) is 6.94. The second-order valence-corrected chi connectivity index (χ2v) is 9.36. The van der Waals surface area contributed by atoms with Crippen LogP contribution in [-0.4, -0.2) is 15.7 Å². The summed E-state index contributed by atoms with van der Waals surface area (Å²) < 4.78 is 0. The number of aryl methyl sites for hydroxylation is 2. The van der Waals surface area contributed by atoms with Gasteiger partial charge in [-0.3, -0.25) is 0 Å². The van der Waals surface area contributed by atoms with Crippen LogP contribution >= 0.6 is 23.4 Å². The van der Waals surface area contributed by atoms with E-state index in [-0.39, 0.29) is 0 Å². The van der Waals surface area contributed by atoms with E-state index in [1.807, 2.05) is 0 Å². The summed E-state index contributed by atoms with van der Waals surface area (Å²) >= 11 is 8.56. The smallest absolute Gasteiger partial charge is 0.221 e. The number of benzene rings is 2. The normalized spacial score (nSPS) is 14.3. The number of anilines is 1. The van der Waals surface area contributed by atoms with E-state index in [0.29, 0.717) is 11.9 Å². The van der Waals surface area contributed by atoms with Gasteiger partial charge in [0.25, 0.3) is 0 Å². The van der Waals surface area contributed by atoms with Crippen LogP contribution in [0.3, 0.4) is 0 Å². The first-order chi connectivity index (χ1) is 14.1. The van der Waals surface area contributed by atoms with E-state index < -0.39 is 0 Å². The summed E-state index contributed by atoms with van der Waals surface area (Å²) in [5.41, 5.74) is 10.7. The molecule has 4 rings (SSSR count). The molecule has 0 spiro atoms. The van der Waals surface area contributed by atoms with Crippen molar-refractivity contribution in [1.29, 1.82) is 0 Å². The van der Waals surface area contributed by atoms with Crippen molar-refractivity contribution >= 4 is 40.1 Å². The zero-order valence-corrected chi connectivity index (χ0v) is 18.7. The van der Waals surface area contributed by atoms with Gasteiger partial charge in [-0.15, -0.1) is 11.8 Å². The van der Waals surface area contributed by atoms with Crippen molar-refractivity contribution in [3.8, 4) is 11.3 Å². The zero-order chi connectivity index (χ0) is 20.4. The molecule has 29 heavy (non-hydrogen) atoms. The Morgan fingerprint density at radius 3 is 2.76 bits per heavy atom. The highest BCUT2D eigenvalue weighted by Crippen LogP contribution is 2.41. The van der Waals surface area contributed by atoms with E-state index in [9.17, 15) is 0 Å². The molecule has 2 N–H and O–H groups in total. The molecule has 1 unspecified atom stereocenters. The molecule has 0 saturated carbocycles. The molecule has 0 fully saturated rings. The number of nitrogens with two attached hydrogens (primary N) is 1. The minimum Gasteiger partial charge on any atom is -0.368 e. The highest BCUT2D eigenvalue weighted by molar-refractivity contribution is 7.99. The van der Waals surface area contributed by atoms with Crippen LogP contribution in [0.25, 0.3) is 22.0 Å². The number of halogens is 1. The fourth-order valence-electron chi connectivity index (χ4n) is 4.41. The fourth-order valence-corrected chi connectivity index (χ4v) is 5.90. The monoisotopic (exact) mass is 425 g/mol. The van der Waals surface area contributed by atoms with Gasteiger partial charge < -0.3 is 5.73 Å². The number of hydrogen-bond acceptors (Lipinski definition) is 4. The third-order valence-corrected chi connectivity index (χ3v) is 7.33. The first-order valence-corrected chi connectivity index (χ1v) is 12.0. The summed E-state index contributed by atoms with van der Waals surface area (Å²) in [5, 5.41) is 4.20. The van der Waals surface area contributed by atoms with Gasteiger partial charge in [-0.2, -0.15) is 0 Å². The highest BCUT2D eigenvalue weighted by atomic mass is 35.5. The number of hydrogen-bond donors (Lipinski definition) is 1. The van der Waals surface area contributed by atoms with Crippen molar-refractivity contribution in [2.75, 3.05) is 11.5 Å². The summed E-state index contributed by atoms with van der Waals surface area (Å²) in [7, 11) is 0. The molecule has 1 aliphatic carbocycles. The van der Waals surface area contributed by atoms with Crippen molar-refractivity contribution in [1.82, 2.24) is 9.97 Å². The highest BCUT2D eigenvalue weighted by Gasteiger charge is 2.20. The maximum atomic E-state index is 6.79. The minimum absolute atomic E-state index is 0.310. The van der Waals surface area contributed by atoms with Gasteiger partial charge in [0.2, 0.25) is 5.95 Å². The lowest BCUT2D eigenvalue weighted by atomic mass is 9.86. The maximum Gasteiger partial charge on any atom is 0.221 e. The molecule has 1 aromatic heterocycles. The van der Waals surface area contributed by atoms with Gasteiger partial charge in [0.15, 0.2) is 0 Å². The van der Waals surface area contributed by atoms with Crippen LogP contribution in [0.15, 0.2) is 35.4 Å². The molecule has 5 heteroatoms. The molecule has 0 radical (unpaired) electrons. The molecule has 1 heterocycles. The molecule has 1 atom stereocenters. The van der Waals surface area contributed by atoms with Gasteiger partial charge in [-0.1, -0.05) is 56.5 Å². The molecule has 2 aromatic carbocycles. The molecule has 152 valence electrons. The molecule has 0 saturated heterocycles. The average Bonchev–Trinajstić information content (AvgIpc) is 2.71. The molecule has 1 aliphatic rings. The Hall–Kier alpha value is -1.78. The van der Waals surface area contributed by atoms with E-state index in [1.54, 1.807) is 11.8 Å². The maximum absolute atomic E-state index is 6.79. The van der Waals surface area contributed by atoms with Crippen LogP contribution in [0.4, 0.5) is 5.95 Å². The second-order valence-electron chi connectivity index (χ2n) is 7.91. The van der Waals surface area contributed by atoms with E-state index in [0.717, 1.165) is 39.9 Å². The quantitative estimate of drug-likeness (QED) is 0.329. The molecule has 0 amide bonds. The van der Waals surface area contributed by atoms with Crippen LogP contribution in [0, 0.1) is 5.92 Å². The molecule has 0 bridgehead atoms. The number of nitrogens with zero attached hydrogens (tertiary/aromatic N) is 2. The van der Waals surface area contributed by atoms with E-state index in [4.69, 9.17) is 17.3 Å². The largest absolute Gasteiger partial charge is 0.368 e. The molecule has 0 aliphatic heterocycles. The summed E-state index contributed by atoms with van der Waals surface area (Å²) in [6.45, 7) is 4.50. The molecular weight excluding hydrogens is 398 g/mol. The van der Waals surface area contributed by atoms with Gasteiger partial charge >= 0.3 is 0 Å². The van der Waals surface area contributed by atoms with Gasteiger partial charge in [0, 0.05) is 11.3 Å². The van der Waals surface area contributed by atoms with E-state index in [1.165, 1.54) is 47.6 Å². The lowest BCUT2D eigenvalue weighted by Gasteiger charge is -2.20. The lowest BCUT2D eigenvalue weighted by Crippen LogP contribution is -2.05. The standard InChI is InChI=1S/C24H28ClN3S/c1-3-7-15(4-2)14-29-21-13-20(27-24(26)28-21)23-18-11-6-9-16-8-5-10-17(22(16)18)12-19(23)25/h6,9,11-13,15H,3-5,7-8,10,14H2,1-2H3,(H2,26,27,28). The molecule has 3 nitrogen and oxygen atoms in total. The van der Waals surface area contributed by atoms with Gasteiger partial charge in [0.1, 0.15) is 5.03 Å². The number of thioether (sulfide) groups is 1. The molecular formula is C24H28ClN3S. The van der Waals surface area contributed by atoms with Crippen molar-refractivity contribution in [2.24, 2.45) is 5.92 Å². The average molecular weight is 426 g/mol. The topological polar surface area (TPSA) is 51.8 Å². The predicted molar refractivity (Wildman–Crippen MR) is 126 cm³/mol. The van der Waals surface area contributed by atoms with Gasteiger partial charge in [0.05, 0.1) is 10.7 Å². The first kappa shape index (κ1) is 20.5. The number of nitrogen functional groups attached to an aromatic ring is 1. The second kappa shape index (κ2) is 8.93. The Kier molecular flexibility index (Phi) is 6.31. The van der Waals surface area contributed by atoms with Crippen LogP contribution in [0.2, 0.25) is 5.02 Å². The van der Waals surface area contributed by atoms with Crippen molar-refractivity contribution in [3.63, 3.8) is 0 Å². The van der Waals surface area contributed by atoms with Crippen LogP contribution < -0.4 is 5.73 Å². The van der Waals surface area contributed by atoms with Crippen molar-refractivity contribution in [2.45, 2.75) is 57.4 Å². The fraction of sp³-hybridized carbons (Fsp3) is 0.417. The number of rotatable bonds is 7. The van der Waals surface area contributed by atoms with E-state index >= 15 is 0 Å². The third-order valence-electron chi connectivity index (χ3n) is 5.89. The lowest BCUT2D eigenvalue weighted by molar-refractivity contribution is 0.517. The summed E-state index contributed by atoms with van der Waals surface area (Å²) in [6, 6.07) is 10.7. The Balaban J connectivity index is 1.76. The Bertz CT molecular complexity index is 1030. The summed E-state index contributed by atoms with van der Waals surface area (Å²) in [5.74, 6) is 2.07. The Labute approximate surface area is 182 Å². The van der Waals surface area contributed by atoms with E-state index in [2.05, 4.69) is 54.1 Å². The SMILES string of the molecule is CCCC(CC)CSc1cc(-c2c(Cl)cc3c4c(cccc24)CCC3)nc(N)n1. The number of aromatic nitrogens is 2. The van der Waals surface area contributed by atoms with Crippen LogP contribution in [-0.2, 0) is 12.8 Å². The zero-order valence-electron chi connectivity index (χ0n) is 17.2. The van der Waals surface area contributed by atoms with Crippen LogP contribution in [0.5, 0.6) is 0 Å². The summed E-state index contributed by atoms with van der Waals surface area (Å²) in [4.78, 5) is 9.06. The van der Waals surface area contributed by atoms with Gasteiger partial charge in [-0.05, 0) is 65.6 Å². The first-order valence-electron chi connectivity index (χ1n) is 10.6. The Morgan fingerprint density at radius 2 is 1.97 bits per heavy atom. The molecule has 3 aromatic rings. The van der Waals surface area contributed by atoms with Crippen LogP contribution in [0.1, 0.15) is 50.7 Å². The summed E-state index contributed by atoms with van der Waals surface area (Å²) in [6.07, 6.45) is 7.03. The van der Waals surface area contributed by atoms with Crippen molar-refractivity contribution < 1.29 is 0 Å². The Morgan fingerprint density at radius 1 is 1.14 bits per heavy atom. The minimum atomic E-state index is 0.310. The van der Waals surface area contributed by atoms with Gasteiger partial charge in [-0.25, -0.2) is 9.97 Å². The third kappa shape index (κ3) is 4.24. The van der Waals surface area contributed by atoms with Crippen molar-refractivity contribution in [3.05, 3.63) is 46.5 Å².